The third-order valence-electron chi connectivity index (χ3n) is 3.50. The first-order valence-corrected chi connectivity index (χ1v) is 6.81. The van der Waals surface area contributed by atoms with E-state index in [1.54, 1.807) is 12.1 Å². The van der Waals surface area contributed by atoms with E-state index in [9.17, 15) is 4.39 Å². The van der Waals surface area contributed by atoms with Crippen LogP contribution in [0.3, 0.4) is 0 Å². The van der Waals surface area contributed by atoms with Crippen LogP contribution in [-0.4, -0.2) is 22.9 Å². The van der Waals surface area contributed by atoms with E-state index in [0.717, 1.165) is 24.3 Å². The molecule has 3 rings (SSSR count). The number of aromatic nitrogens is 2. The maximum atomic E-state index is 12.8. The molecule has 2 aromatic rings. The zero-order valence-electron chi connectivity index (χ0n) is 11.5. The Labute approximate surface area is 117 Å². The minimum absolute atomic E-state index is 0.000369. The summed E-state index contributed by atoms with van der Waals surface area (Å²) in [4.78, 5) is 0. The molecule has 0 radical (unpaired) electrons. The second-order valence-electron chi connectivity index (χ2n) is 5.08. The predicted molar refractivity (Wildman–Crippen MR) is 73.7 cm³/mol. The van der Waals surface area contributed by atoms with E-state index >= 15 is 0 Å². The van der Waals surface area contributed by atoms with Gasteiger partial charge < -0.3 is 10.1 Å². The van der Waals surface area contributed by atoms with Crippen molar-refractivity contribution in [3.05, 3.63) is 53.1 Å². The van der Waals surface area contributed by atoms with Crippen LogP contribution in [-0.2, 0) is 24.8 Å². The monoisotopic (exact) mass is 275 g/mol. The normalized spacial score (nSPS) is 18.0. The fourth-order valence-corrected chi connectivity index (χ4v) is 2.51. The summed E-state index contributed by atoms with van der Waals surface area (Å²) < 4.78 is 20.4. The Hall–Kier alpha value is -1.72. The Morgan fingerprint density at radius 3 is 3.00 bits per heavy atom. The van der Waals surface area contributed by atoms with Gasteiger partial charge in [0.05, 0.1) is 12.3 Å². The number of benzene rings is 1. The summed E-state index contributed by atoms with van der Waals surface area (Å²) in [6.45, 7) is 2.14. The molecular weight excluding hydrogens is 257 g/mol. The van der Waals surface area contributed by atoms with Gasteiger partial charge in [0.25, 0.3) is 0 Å². The van der Waals surface area contributed by atoms with Gasteiger partial charge in [-0.1, -0.05) is 12.1 Å². The molecule has 0 saturated carbocycles. The molecular formula is C15H18FN3O. The van der Waals surface area contributed by atoms with Gasteiger partial charge in [0.1, 0.15) is 11.9 Å². The smallest absolute Gasteiger partial charge is 0.123 e. The van der Waals surface area contributed by atoms with Crippen LogP contribution >= 0.6 is 0 Å². The minimum Gasteiger partial charge on any atom is -0.370 e. The first-order chi connectivity index (χ1) is 9.72. The third-order valence-corrected chi connectivity index (χ3v) is 3.50. The fraction of sp³-hybridized carbons (Fsp3) is 0.400. The first kappa shape index (κ1) is 13.3. The number of ether oxygens (including phenoxy) is 1. The highest BCUT2D eigenvalue weighted by Gasteiger charge is 2.23. The lowest BCUT2D eigenvalue weighted by molar-refractivity contribution is 0.0393. The lowest BCUT2D eigenvalue weighted by Crippen LogP contribution is -2.27. The highest BCUT2D eigenvalue weighted by molar-refractivity contribution is 5.22. The molecule has 1 atom stereocenters. The van der Waals surface area contributed by atoms with Crippen molar-refractivity contribution in [1.82, 2.24) is 15.1 Å². The molecule has 1 aliphatic heterocycles. The summed E-state index contributed by atoms with van der Waals surface area (Å²) in [6.07, 6.45) is 2.99. The number of hydrogen-bond donors (Lipinski definition) is 1. The standard InChI is InChI=1S/C15H18FN3O/c1-19-10-12-6-7-20-14(15(12)18-19)9-17-8-11-2-4-13(16)5-3-11/h2-5,10,14,17H,6-9H2,1H3/t14-/m1/s1. The van der Waals surface area contributed by atoms with Gasteiger partial charge in [-0.05, 0) is 29.7 Å². The molecule has 106 valence electrons. The van der Waals surface area contributed by atoms with E-state index in [-0.39, 0.29) is 11.9 Å². The number of nitrogens with one attached hydrogen (secondary N) is 1. The van der Waals surface area contributed by atoms with Crippen LogP contribution in [0.2, 0.25) is 0 Å². The number of nitrogens with zero attached hydrogens (tertiary/aromatic N) is 2. The number of halogens is 1. The molecule has 1 aromatic heterocycles. The summed E-state index contributed by atoms with van der Waals surface area (Å²) >= 11 is 0. The minimum atomic E-state index is -0.206. The van der Waals surface area contributed by atoms with E-state index < -0.39 is 0 Å². The topological polar surface area (TPSA) is 39.1 Å². The summed E-state index contributed by atoms with van der Waals surface area (Å²) in [5.74, 6) is -0.206. The first-order valence-electron chi connectivity index (χ1n) is 6.81. The van der Waals surface area contributed by atoms with E-state index in [4.69, 9.17) is 4.74 Å². The van der Waals surface area contributed by atoms with Gasteiger partial charge in [-0.2, -0.15) is 5.10 Å². The van der Waals surface area contributed by atoms with Gasteiger partial charge in [0, 0.05) is 26.3 Å². The van der Waals surface area contributed by atoms with Gasteiger partial charge >= 0.3 is 0 Å². The van der Waals surface area contributed by atoms with E-state index in [0.29, 0.717) is 13.1 Å². The molecule has 4 nitrogen and oxygen atoms in total. The van der Waals surface area contributed by atoms with Crippen molar-refractivity contribution in [3.8, 4) is 0 Å². The Morgan fingerprint density at radius 2 is 2.20 bits per heavy atom. The maximum absolute atomic E-state index is 12.8. The van der Waals surface area contributed by atoms with E-state index in [2.05, 4.69) is 16.6 Å². The van der Waals surface area contributed by atoms with Gasteiger partial charge in [0.2, 0.25) is 0 Å². The van der Waals surface area contributed by atoms with Crippen molar-refractivity contribution in [3.63, 3.8) is 0 Å². The van der Waals surface area contributed by atoms with Crippen LogP contribution in [0.1, 0.15) is 22.9 Å². The third kappa shape index (κ3) is 2.89. The Kier molecular flexibility index (Phi) is 3.80. The van der Waals surface area contributed by atoms with Crippen LogP contribution in [0.15, 0.2) is 30.5 Å². The maximum Gasteiger partial charge on any atom is 0.123 e. The molecule has 0 amide bonds. The van der Waals surface area contributed by atoms with Crippen molar-refractivity contribution in [2.24, 2.45) is 7.05 Å². The van der Waals surface area contributed by atoms with Gasteiger partial charge in [-0.15, -0.1) is 0 Å². The quantitative estimate of drug-likeness (QED) is 0.927. The Bertz CT molecular complexity index is 579. The second kappa shape index (κ2) is 5.73. The molecule has 5 heteroatoms. The summed E-state index contributed by atoms with van der Waals surface area (Å²) in [5, 5.41) is 7.82. The van der Waals surface area contributed by atoms with Crippen molar-refractivity contribution >= 4 is 0 Å². The molecule has 1 N–H and O–H groups in total. The van der Waals surface area contributed by atoms with Crippen LogP contribution in [0.5, 0.6) is 0 Å². The largest absolute Gasteiger partial charge is 0.370 e. The molecule has 2 heterocycles. The number of aryl methyl sites for hydroxylation is 1. The van der Waals surface area contributed by atoms with Crippen LogP contribution in [0.4, 0.5) is 4.39 Å². The Balaban J connectivity index is 1.58. The van der Waals surface area contributed by atoms with E-state index in [1.807, 2.05) is 11.7 Å². The lowest BCUT2D eigenvalue weighted by atomic mass is 10.1. The van der Waals surface area contributed by atoms with Crippen molar-refractivity contribution < 1.29 is 9.13 Å². The van der Waals surface area contributed by atoms with Crippen molar-refractivity contribution in [1.29, 1.82) is 0 Å². The molecule has 20 heavy (non-hydrogen) atoms. The molecule has 0 fully saturated rings. The van der Waals surface area contributed by atoms with Gasteiger partial charge in [-0.25, -0.2) is 4.39 Å². The molecule has 0 unspecified atom stereocenters. The Morgan fingerprint density at radius 1 is 1.40 bits per heavy atom. The van der Waals surface area contributed by atoms with Gasteiger partial charge in [-0.3, -0.25) is 4.68 Å². The second-order valence-corrected chi connectivity index (χ2v) is 5.08. The zero-order valence-corrected chi connectivity index (χ0v) is 11.5. The lowest BCUT2D eigenvalue weighted by Gasteiger charge is -2.22. The van der Waals surface area contributed by atoms with Crippen LogP contribution in [0.25, 0.3) is 0 Å². The van der Waals surface area contributed by atoms with Gasteiger partial charge in [0.15, 0.2) is 0 Å². The number of rotatable bonds is 4. The molecule has 0 spiro atoms. The highest BCUT2D eigenvalue weighted by Crippen LogP contribution is 2.24. The summed E-state index contributed by atoms with van der Waals surface area (Å²) in [7, 11) is 1.93. The van der Waals surface area contributed by atoms with Crippen molar-refractivity contribution in [2.45, 2.75) is 19.1 Å². The van der Waals surface area contributed by atoms with Crippen LogP contribution < -0.4 is 5.32 Å². The SMILES string of the molecule is Cn1cc2c(n1)[C@@H](CNCc1ccc(F)cc1)OCC2. The van der Waals surface area contributed by atoms with Crippen molar-refractivity contribution in [2.75, 3.05) is 13.2 Å². The molecule has 0 bridgehead atoms. The molecule has 0 aliphatic carbocycles. The predicted octanol–water partition coefficient (Wildman–Crippen LogP) is 1.96. The van der Waals surface area contributed by atoms with Crippen LogP contribution in [0, 0.1) is 5.82 Å². The zero-order chi connectivity index (χ0) is 13.9. The molecule has 1 aliphatic rings. The summed E-state index contributed by atoms with van der Waals surface area (Å²) in [5.41, 5.74) is 3.36. The summed E-state index contributed by atoms with van der Waals surface area (Å²) in [6, 6.07) is 6.53. The number of hydrogen-bond acceptors (Lipinski definition) is 3. The number of fused-ring (bicyclic) bond motifs is 1. The average molecular weight is 275 g/mol. The molecule has 0 saturated heterocycles. The fourth-order valence-electron chi connectivity index (χ4n) is 2.51. The average Bonchev–Trinajstić information content (AvgIpc) is 2.82. The van der Waals surface area contributed by atoms with E-state index in [1.165, 1.54) is 17.7 Å². The molecule has 1 aromatic carbocycles. The highest BCUT2D eigenvalue weighted by atomic mass is 19.1.